The molecule has 0 radical (unpaired) electrons. The molecule has 3 rings (SSSR count). The van der Waals surface area contributed by atoms with Crippen LogP contribution in [0.3, 0.4) is 0 Å². The molecule has 0 saturated carbocycles. The number of hydrogen-bond acceptors (Lipinski definition) is 5. The Morgan fingerprint density at radius 3 is 2.54 bits per heavy atom. The van der Waals surface area contributed by atoms with Crippen LogP contribution in [0.25, 0.3) is 0 Å². The monoisotopic (exact) mass is 368 g/mol. The van der Waals surface area contributed by atoms with E-state index in [0.29, 0.717) is 11.4 Å². The number of nitrogens with zero attached hydrogens (tertiary/aromatic N) is 1. The number of aryl methyl sites for hydroxylation is 1. The number of thioether (sulfide) groups is 1. The van der Waals surface area contributed by atoms with Crippen LogP contribution in [0.1, 0.15) is 28.5 Å². The third kappa shape index (κ3) is 4.52. The van der Waals surface area contributed by atoms with E-state index in [1.165, 1.54) is 11.8 Å². The van der Waals surface area contributed by atoms with E-state index in [-0.39, 0.29) is 22.9 Å². The Labute approximate surface area is 156 Å². The molecule has 1 atom stereocenters. The Kier molecular flexibility index (Phi) is 5.73. The Morgan fingerprint density at radius 2 is 1.96 bits per heavy atom. The van der Waals surface area contributed by atoms with Gasteiger partial charge in [0.1, 0.15) is 11.4 Å². The Balaban J connectivity index is 1.53. The fraction of sp³-hybridized carbons (Fsp3) is 0.250. The van der Waals surface area contributed by atoms with Gasteiger partial charge in [0.15, 0.2) is 6.61 Å². The number of Topliss-reactive ketones (excluding diaryl/α,β-unsaturated/α-hetero) is 1. The van der Waals surface area contributed by atoms with E-state index in [1.807, 2.05) is 37.3 Å². The number of aromatic nitrogens is 1. The van der Waals surface area contributed by atoms with Crippen LogP contribution in [0.2, 0.25) is 0 Å². The number of ketones is 1. The molecule has 26 heavy (non-hydrogen) atoms. The quantitative estimate of drug-likeness (QED) is 0.753. The van der Waals surface area contributed by atoms with Crippen LogP contribution in [-0.2, 0) is 12.8 Å². The summed E-state index contributed by atoms with van der Waals surface area (Å²) >= 11 is 1.25. The van der Waals surface area contributed by atoms with Crippen molar-refractivity contribution in [3.8, 4) is 5.75 Å². The second-order valence-electron chi connectivity index (χ2n) is 6.01. The lowest BCUT2D eigenvalue weighted by atomic mass is 10.1. The first-order valence-corrected chi connectivity index (χ1v) is 9.29. The van der Waals surface area contributed by atoms with Crippen LogP contribution in [0.5, 0.6) is 5.75 Å². The highest BCUT2D eigenvalue weighted by atomic mass is 32.2. The summed E-state index contributed by atoms with van der Waals surface area (Å²) in [6.45, 7) is 5.86. The Hall–Kier alpha value is -2.60. The summed E-state index contributed by atoms with van der Waals surface area (Å²) in [5, 5.41) is 2.71. The maximum absolute atomic E-state index is 12.1. The van der Waals surface area contributed by atoms with Crippen molar-refractivity contribution in [1.82, 2.24) is 10.3 Å². The van der Waals surface area contributed by atoms with Crippen molar-refractivity contribution in [2.75, 3.05) is 6.61 Å². The summed E-state index contributed by atoms with van der Waals surface area (Å²) in [5.41, 5.74) is 3.33. The molecule has 1 aliphatic heterocycles. The number of hydrogen-bond donors (Lipinski definition) is 1. The summed E-state index contributed by atoms with van der Waals surface area (Å²) < 4.78 is 5.56. The molecule has 1 N–H and O–H groups in total. The molecule has 2 aromatic rings. The van der Waals surface area contributed by atoms with Crippen LogP contribution in [0, 0.1) is 0 Å². The second-order valence-corrected chi connectivity index (χ2v) is 7.18. The minimum absolute atomic E-state index is 0.0491. The van der Waals surface area contributed by atoms with E-state index in [0.717, 1.165) is 29.7 Å². The number of rotatable bonds is 7. The van der Waals surface area contributed by atoms with Crippen molar-refractivity contribution >= 4 is 22.8 Å². The molecule has 1 aromatic carbocycles. The number of benzene rings is 1. The van der Waals surface area contributed by atoms with Gasteiger partial charge in [-0.25, -0.2) is 0 Å². The van der Waals surface area contributed by atoms with Gasteiger partial charge >= 0.3 is 0 Å². The van der Waals surface area contributed by atoms with Crippen LogP contribution in [0.4, 0.5) is 4.79 Å². The smallest absolute Gasteiger partial charge is 0.283 e. The highest BCUT2D eigenvalue weighted by Crippen LogP contribution is 2.28. The van der Waals surface area contributed by atoms with Gasteiger partial charge in [-0.15, -0.1) is 0 Å². The van der Waals surface area contributed by atoms with Crippen LogP contribution >= 0.6 is 11.8 Å². The average molecular weight is 368 g/mol. The standard InChI is InChI=1S/C20H20N2O3S/c1-3-14-6-9-17(21-11-14)18(23)12-25-16-7-4-15(5-8-16)10-19-13(2)22-20(24)26-19/h4-9,11,19H,2-3,10,12H2,1H3,(H,22,24). The van der Waals surface area contributed by atoms with Crippen molar-refractivity contribution in [3.05, 3.63) is 71.7 Å². The number of carbonyl (C=O) groups is 2. The van der Waals surface area contributed by atoms with E-state index >= 15 is 0 Å². The van der Waals surface area contributed by atoms with Crippen molar-refractivity contribution < 1.29 is 14.3 Å². The van der Waals surface area contributed by atoms with Gasteiger partial charge in [0.05, 0.1) is 5.25 Å². The molecule has 1 aromatic heterocycles. The molecule has 1 saturated heterocycles. The summed E-state index contributed by atoms with van der Waals surface area (Å²) in [6, 6.07) is 11.2. The van der Waals surface area contributed by atoms with Gasteiger partial charge < -0.3 is 10.1 Å². The molecule has 1 aliphatic rings. The molecular weight excluding hydrogens is 348 g/mol. The van der Waals surface area contributed by atoms with E-state index in [9.17, 15) is 9.59 Å². The maximum atomic E-state index is 12.1. The number of pyridine rings is 1. The van der Waals surface area contributed by atoms with E-state index in [2.05, 4.69) is 16.9 Å². The van der Waals surface area contributed by atoms with Crippen LogP contribution in [0.15, 0.2) is 54.9 Å². The zero-order valence-corrected chi connectivity index (χ0v) is 15.3. The summed E-state index contributed by atoms with van der Waals surface area (Å²) in [7, 11) is 0. The minimum atomic E-state index is -0.153. The predicted molar refractivity (Wildman–Crippen MR) is 103 cm³/mol. The maximum Gasteiger partial charge on any atom is 0.283 e. The zero-order chi connectivity index (χ0) is 18.5. The zero-order valence-electron chi connectivity index (χ0n) is 14.5. The molecular formula is C20H20N2O3S. The van der Waals surface area contributed by atoms with Crippen molar-refractivity contribution in [1.29, 1.82) is 0 Å². The highest BCUT2D eigenvalue weighted by Gasteiger charge is 2.26. The van der Waals surface area contributed by atoms with Crippen molar-refractivity contribution in [2.24, 2.45) is 0 Å². The lowest BCUT2D eigenvalue weighted by Gasteiger charge is -2.10. The molecule has 6 heteroatoms. The van der Waals surface area contributed by atoms with Gasteiger partial charge in [-0.05, 0) is 42.2 Å². The molecule has 0 aliphatic carbocycles. The third-order valence-corrected chi connectivity index (χ3v) is 5.19. The van der Waals surface area contributed by atoms with Crippen LogP contribution < -0.4 is 10.1 Å². The molecule has 1 amide bonds. The van der Waals surface area contributed by atoms with Crippen molar-refractivity contribution in [2.45, 2.75) is 25.0 Å². The fourth-order valence-corrected chi connectivity index (χ4v) is 3.49. The second kappa shape index (κ2) is 8.19. The third-order valence-electron chi connectivity index (χ3n) is 4.13. The Bertz CT molecular complexity index is 816. The molecule has 1 unspecified atom stereocenters. The van der Waals surface area contributed by atoms with Crippen LogP contribution in [-0.4, -0.2) is 27.9 Å². The summed E-state index contributed by atoms with van der Waals surface area (Å²) in [4.78, 5) is 27.7. The van der Waals surface area contributed by atoms with E-state index < -0.39 is 0 Å². The largest absolute Gasteiger partial charge is 0.485 e. The summed E-state index contributed by atoms with van der Waals surface area (Å²) in [6.07, 6.45) is 3.33. The highest BCUT2D eigenvalue weighted by molar-refractivity contribution is 8.14. The van der Waals surface area contributed by atoms with Gasteiger partial charge in [-0.2, -0.15) is 0 Å². The molecule has 5 nitrogen and oxygen atoms in total. The first kappa shape index (κ1) is 18.2. The SMILES string of the molecule is C=C1NC(=O)SC1Cc1ccc(OCC(=O)c2ccc(CC)cn2)cc1. The molecule has 0 spiro atoms. The first-order valence-electron chi connectivity index (χ1n) is 8.41. The van der Waals surface area contributed by atoms with E-state index in [1.54, 1.807) is 12.3 Å². The van der Waals surface area contributed by atoms with Gasteiger partial charge in [0, 0.05) is 11.9 Å². The fourth-order valence-electron chi connectivity index (χ4n) is 2.56. The first-order chi connectivity index (χ1) is 12.5. The number of ether oxygens (including phenoxy) is 1. The molecule has 1 fully saturated rings. The van der Waals surface area contributed by atoms with Crippen molar-refractivity contribution in [3.63, 3.8) is 0 Å². The van der Waals surface area contributed by atoms with E-state index in [4.69, 9.17) is 4.74 Å². The number of amides is 1. The number of carbonyl (C=O) groups excluding carboxylic acids is 2. The molecule has 134 valence electrons. The van der Waals surface area contributed by atoms with Gasteiger partial charge in [-0.1, -0.05) is 43.5 Å². The number of nitrogens with one attached hydrogen (secondary N) is 1. The predicted octanol–water partition coefficient (Wildman–Crippen LogP) is 3.79. The Morgan fingerprint density at radius 1 is 1.23 bits per heavy atom. The minimum Gasteiger partial charge on any atom is -0.485 e. The van der Waals surface area contributed by atoms with Gasteiger partial charge in [0.2, 0.25) is 5.78 Å². The molecule has 0 bridgehead atoms. The summed E-state index contributed by atoms with van der Waals surface area (Å²) in [5.74, 6) is 0.472. The van der Waals surface area contributed by atoms with Gasteiger partial charge in [0.25, 0.3) is 5.24 Å². The normalized spacial score (nSPS) is 16.4. The molecule has 2 heterocycles. The lowest BCUT2D eigenvalue weighted by Crippen LogP contribution is -2.13. The average Bonchev–Trinajstić information content (AvgIpc) is 2.98. The lowest BCUT2D eigenvalue weighted by molar-refractivity contribution is 0.0916. The van der Waals surface area contributed by atoms with Gasteiger partial charge in [-0.3, -0.25) is 14.6 Å². The topological polar surface area (TPSA) is 68.3 Å².